The van der Waals surface area contributed by atoms with Gasteiger partial charge in [0, 0.05) is 4.53 Å². The summed E-state index contributed by atoms with van der Waals surface area (Å²) >= 11 is 0. The zero-order chi connectivity index (χ0) is 3.41. The van der Waals surface area contributed by atoms with E-state index < -0.39 is 0 Å². The Hall–Kier alpha value is -0.0726. The Labute approximate surface area is 39.5 Å². The van der Waals surface area contributed by atoms with Gasteiger partial charge in [0.05, 0.1) is 0 Å². The molecule has 0 saturated carbocycles. The van der Waals surface area contributed by atoms with E-state index in [2.05, 4.69) is 5.04 Å². The molecule has 3 nitrogen and oxygen atoms in total. The molecule has 0 heterocycles. The molecule has 0 aliphatic rings. The first-order chi connectivity index (χ1) is 1.91. The summed E-state index contributed by atoms with van der Waals surface area (Å²) in [6.07, 6.45) is 0. The molecule has 0 unspecified atom stereocenters. The fourth-order valence-electron chi connectivity index (χ4n) is 0. The minimum atomic E-state index is 0. The van der Waals surface area contributed by atoms with Crippen LogP contribution in [-0.4, -0.2) is 18.9 Å². The van der Waals surface area contributed by atoms with Crippen molar-refractivity contribution in [3.05, 3.63) is 4.91 Å². The Kier molecular flexibility index (Phi) is 16.1. The third-order valence-corrected chi connectivity index (χ3v) is 0.0282. The maximum atomic E-state index is 9.74. The van der Waals surface area contributed by atoms with Gasteiger partial charge in [0.1, 0.15) is 0 Å². The molecular formula is HFLiNO2. The van der Waals surface area contributed by atoms with Gasteiger partial charge in [0.15, 0.2) is 5.34 Å². The Morgan fingerprint density at radius 2 is 2.00 bits per heavy atom. The van der Waals surface area contributed by atoms with E-state index in [0.29, 0.717) is 0 Å². The van der Waals surface area contributed by atoms with E-state index >= 15 is 0 Å². The quantitative estimate of drug-likeness (QED) is 0.247. The summed E-state index contributed by atoms with van der Waals surface area (Å²) in [5.41, 5.74) is 0. The first-order valence-corrected chi connectivity index (χ1v) is 0.519. The van der Waals surface area contributed by atoms with Crippen LogP contribution in [0.15, 0.2) is 5.34 Å². The molecule has 0 N–H and O–H groups in total. The van der Waals surface area contributed by atoms with Crippen LogP contribution < -0.4 is 0 Å². The number of hydrogen-bond acceptors (Lipinski definition) is 3. The van der Waals surface area contributed by atoms with Crippen LogP contribution in [0.4, 0.5) is 4.53 Å². The molecule has 0 rings (SSSR count). The van der Waals surface area contributed by atoms with Gasteiger partial charge < -0.3 is 0 Å². The van der Waals surface area contributed by atoms with Crippen LogP contribution in [0, 0.1) is 4.91 Å². The molecule has 0 aromatic carbocycles. The van der Waals surface area contributed by atoms with Gasteiger partial charge in [-0.05, 0) is 0 Å². The van der Waals surface area contributed by atoms with Crippen LogP contribution in [0.2, 0.25) is 0 Å². The van der Waals surface area contributed by atoms with Gasteiger partial charge in [-0.2, -0.15) is 0 Å². The molecule has 0 atom stereocenters. The van der Waals surface area contributed by atoms with E-state index in [4.69, 9.17) is 4.91 Å². The Bertz CT molecular complexity index is 23.6. The molecule has 0 aromatic heterocycles. The van der Waals surface area contributed by atoms with Crippen molar-refractivity contribution < 1.29 is 9.57 Å². The molecule has 0 radical (unpaired) electrons. The first kappa shape index (κ1) is 8.87. The average Bonchev–Trinajstić information content (AvgIpc) is 1.37. The molecule has 0 bridgehead atoms. The van der Waals surface area contributed by atoms with Crippen molar-refractivity contribution >= 4 is 18.9 Å². The van der Waals surface area contributed by atoms with Crippen molar-refractivity contribution in [3.63, 3.8) is 0 Å². The van der Waals surface area contributed by atoms with Crippen LogP contribution in [-0.2, 0) is 5.04 Å². The zero-order valence-corrected chi connectivity index (χ0v) is 1.64. The molecule has 0 spiro atoms. The summed E-state index contributed by atoms with van der Waals surface area (Å²) in [4.78, 5) is 8.33. The summed E-state index contributed by atoms with van der Waals surface area (Å²) < 4.78 is 9.74. The Balaban J connectivity index is 0. The maximum absolute atomic E-state index is 9.74. The van der Waals surface area contributed by atoms with E-state index in [0.717, 1.165) is 0 Å². The molecule has 0 amide bonds. The predicted octanol–water partition coefficient (Wildman–Crippen LogP) is -0.0796. The molecule has 0 aromatic rings. The standard InChI is InChI=1S/FNO2.Li.H/c1-4-2-3;;. The average molecular weight is 73.0 g/mol. The summed E-state index contributed by atoms with van der Waals surface area (Å²) in [7, 11) is 0. The second-order valence-corrected chi connectivity index (χ2v) is 0.144. The topological polar surface area (TPSA) is 38.7 Å². The molecule has 0 aliphatic heterocycles. The van der Waals surface area contributed by atoms with Crippen molar-refractivity contribution in [2.45, 2.75) is 0 Å². The van der Waals surface area contributed by atoms with E-state index in [9.17, 15) is 4.53 Å². The number of nitrogens with zero attached hydrogens (tertiary/aromatic N) is 1. The Morgan fingerprint density at radius 1 is 1.80 bits per heavy atom. The normalized spacial score (nSPS) is 4.20. The number of halogens is 1. The van der Waals surface area contributed by atoms with Gasteiger partial charge in [0.2, 0.25) is 0 Å². The predicted molar refractivity (Wildman–Crippen MR) is 15.1 cm³/mol. The molecule has 0 fully saturated rings. The van der Waals surface area contributed by atoms with Crippen molar-refractivity contribution in [2.75, 3.05) is 0 Å². The van der Waals surface area contributed by atoms with E-state index in [1.807, 2.05) is 0 Å². The molecule has 5 heteroatoms. The molecule has 5 heavy (non-hydrogen) atoms. The van der Waals surface area contributed by atoms with E-state index in [1.165, 1.54) is 5.34 Å². The van der Waals surface area contributed by atoms with E-state index in [1.54, 1.807) is 0 Å². The number of rotatable bonds is 1. The third-order valence-electron chi connectivity index (χ3n) is 0.0282. The molecule has 0 saturated heterocycles. The van der Waals surface area contributed by atoms with Crippen LogP contribution >= 0.6 is 0 Å². The minimum absolute atomic E-state index is 0. The van der Waals surface area contributed by atoms with Gasteiger partial charge in [-0.3, -0.25) is 0 Å². The summed E-state index contributed by atoms with van der Waals surface area (Å²) in [6.45, 7) is 0. The second-order valence-electron chi connectivity index (χ2n) is 0.144. The van der Waals surface area contributed by atoms with Crippen molar-refractivity contribution in [1.82, 2.24) is 0 Å². The molecule has 0 aliphatic carbocycles. The summed E-state index contributed by atoms with van der Waals surface area (Å²) in [6, 6.07) is 0. The van der Waals surface area contributed by atoms with Crippen molar-refractivity contribution in [2.24, 2.45) is 5.34 Å². The van der Waals surface area contributed by atoms with Crippen LogP contribution in [0.3, 0.4) is 0 Å². The fraction of sp³-hybridized carbons (Fsp3) is 0. The third kappa shape index (κ3) is 17.0. The second kappa shape index (κ2) is 9.06. The van der Waals surface area contributed by atoms with Crippen LogP contribution in [0.1, 0.15) is 0 Å². The van der Waals surface area contributed by atoms with Gasteiger partial charge >= 0.3 is 18.9 Å². The Morgan fingerprint density at radius 3 is 2.00 bits per heavy atom. The van der Waals surface area contributed by atoms with Crippen molar-refractivity contribution in [3.8, 4) is 0 Å². The van der Waals surface area contributed by atoms with Gasteiger partial charge in [-0.15, -0.1) is 9.95 Å². The van der Waals surface area contributed by atoms with Crippen LogP contribution in [0.25, 0.3) is 0 Å². The summed E-state index contributed by atoms with van der Waals surface area (Å²) in [5.74, 6) is 0. The van der Waals surface area contributed by atoms with E-state index in [-0.39, 0.29) is 18.9 Å². The summed E-state index contributed by atoms with van der Waals surface area (Å²) in [5, 5.41) is 3.43. The van der Waals surface area contributed by atoms with Gasteiger partial charge in [0.25, 0.3) is 0 Å². The van der Waals surface area contributed by atoms with Crippen molar-refractivity contribution in [1.29, 1.82) is 0 Å². The SMILES string of the molecule is O=NOF.[LiH]. The first-order valence-electron chi connectivity index (χ1n) is 0.519. The zero-order valence-electron chi connectivity index (χ0n) is 1.64. The van der Waals surface area contributed by atoms with Gasteiger partial charge in [-0.1, -0.05) is 0 Å². The number of hydrogen-bond donors (Lipinski definition) is 0. The van der Waals surface area contributed by atoms with Crippen LogP contribution in [0.5, 0.6) is 0 Å². The molecule has 26 valence electrons. The fourth-order valence-corrected chi connectivity index (χ4v) is 0. The monoisotopic (exact) mass is 73.0 g/mol. The molecular weight excluding hydrogens is 71.9 g/mol. The van der Waals surface area contributed by atoms with Gasteiger partial charge in [-0.25, -0.2) is 0 Å².